The summed E-state index contributed by atoms with van der Waals surface area (Å²) in [5, 5.41) is 11.0. The van der Waals surface area contributed by atoms with Gasteiger partial charge in [-0.2, -0.15) is 0 Å². The van der Waals surface area contributed by atoms with Crippen molar-refractivity contribution in [1.82, 2.24) is 5.32 Å². The van der Waals surface area contributed by atoms with Gasteiger partial charge in [0.1, 0.15) is 12.6 Å². The van der Waals surface area contributed by atoms with Gasteiger partial charge in [-0.15, -0.1) is 0 Å². The smallest absolute Gasteiger partial charge is 0.326 e. The fraction of sp³-hybridized carbons (Fsp3) is 0.700. The number of carbonyl (C=O) groups excluding carboxylic acids is 2. The van der Waals surface area contributed by atoms with Crippen molar-refractivity contribution in [3.8, 4) is 0 Å². The highest BCUT2D eigenvalue weighted by Gasteiger charge is 2.23. The Morgan fingerprint density at radius 3 is 2.29 bits per heavy atom. The molecule has 0 heterocycles. The maximum atomic E-state index is 11.3. The molecule has 7 nitrogen and oxygen atoms in total. The molecule has 0 aromatic carbocycles. The Morgan fingerprint density at radius 1 is 1.29 bits per heavy atom. The van der Waals surface area contributed by atoms with Crippen molar-refractivity contribution in [2.45, 2.75) is 32.4 Å². The average Bonchev–Trinajstić information content (AvgIpc) is 2.25. The average molecular weight is 247 g/mol. The van der Waals surface area contributed by atoms with Crippen LogP contribution in [0.1, 0.15) is 20.3 Å². The summed E-state index contributed by atoms with van der Waals surface area (Å²) in [6.45, 7) is 3.25. The molecule has 0 aromatic rings. The molecule has 0 fully saturated rings. The first-order valence-electron chi connectivity index (χ1n) is 5.07. The van der Waals surface area contributed by atoms with Crippen LogP contribution >= 0.6 is 0 Å². The summed E-state index contributed by atoms with van der Waals surface area (Å²) < 4.78 is 9.32. The predicted molar refractivity (Wildman–Crippen MR) is 57.3 cm³/mol. The minimum absolute atomic E-state index is 0.135. The van der Waals surface area contributed by atoms with E-state index in [1.165, 1.54) is 0 Å². The van der Waals surface area contributed by atoms with Crippen molar-refractivity contribution in [2.24, 2.45) is 0 Å². The second kappa shape index (κ2) is 7.61. The quantitative estimate of drug-likeness (QED) is 0.590. The van der Waals surface area contributed by atoms with Gasteiger partial charge in [0.05, 0.1) is 19.6 Å². The minimum atomic E-state index is -1.30. The summed E-state index contributed by atoms with van der Waals surface area (Å²) in [6, 6.07) is -1.30. The van der Waals surface area contributed by atoms with Crippen LogP contribution in [0, 0.1) is 0 Å². The molecule has 0 spiro atoms. The minimum Gasteiger partial charge on any atom is -0.480 e. The van der Waals surface area contributed by atoms with Gasteiger partial charge in [0.2, 0.25) is 5.91 Å². The Morgan fingerprint density at radius 2 is 1.88 bits per heavy atom. The largest absolute Gasteiger partial charge is 0.480 e. The molecule has 0 rings (SSSR count). The van der Waals surface area contributed by atoms with E-state index in [4.69, 9.17) is 9.84 Å². The van der Waals surface area contributed by atoms with Crippen molar-refractivity contribution >= 4 is 17.8 Å². The molecule has 0 aromatic heterocycles. The number of nitrogens with one attached hydrogen (secondary N) is 1. The van der Waals surface area contributed by atoms with Gasteiger partial charge in [-0.3, -0.25) is 9.59 Å². The zero-order chi connectivity index (χ0) is 13.4. The third-order valence-corrected chi connectivity index (χ3v) is 1.78. The molecular weight excluding hydrogens is 230 g/mol. The Labute approximate surface area is 99.1 Å². The normalized spacial score (nSPS) is 12.0. The topological polar surface area (TPSA) is 102 Å². The van der Waals surface area contributed by atoms with Crippen LogP contribution in [0.2, 0.25) is 0 Å². The molecule has 0 aliphatic carbocycles. The highest BCUT2D eigenvalue weighted by atomic mass is 16.5. The molecule has 0 radical (unpaired) electrons. The van der Waals surface area contributed by atoms with Crippen LogP contribution < -0.4 is 5.32 Å². The fourth-order valence-electron chi connectivity index (χ4n) is 0.928. The van der Waals surface area contributed by atoms with Gasteiger partial charge in [0.25, 0.3) is 0 Å². The predicted octanol–water partition coefficient (Wildman–Crippen LogP) is -0.456. The summed E-state index contributed by atoms with van der Waals surface area (Å²) in [7, 11) is 1.14. The number of esters is 1. The van der Waals surface area contributed by atoms with Gasteiger partial charge < -0.3 is 19.9 Å². The summed E-state index contributed by atoms with van der Waals surface area (Å²) in [5.74, 6) is -2.59. The number of carboxylic acids is 1. The van der Waals surface area contributed by atoms with Gasteiger partial charge >= 0.3 is 11.9 Å². The molecule has 17 heavy (non-hydrogen) atoms. The SMILES string of the molecule is COC(=O)C[C@H](NC(=O)COC(C)C)C(=O)O. The number of ether oxygens (including phenoxy) is 2. The Balaban J connectivity index is 4.20. The lowest BCUT2D eigenvalue weighted by molar-refractivity contribution is -0.149. The monoisotopic (exact) mass is 247 g/mol. The van der Waals surface area contributed by atoms with Crippen LogP contribution in [0.4, 0.5) is 0 Å². The maximum absolute atomic E-state index is 11.3. The zero-order valence-electron chi connectivity index (χ0n) is 10.1. The highest BCUT2D eigenvalue weighted by Crippen LogP contribution is 1.96. The van der Waals surface area contributed by atoms with Crippen molar-refractivity contribution in [3.05, 3.63) is 0 Å². The lowest BCUT2D eigenvalue weighted by Gasteiger charge is -2.14. The standard InChI is InChI=1S/C10H17NO6/c1-6(2)17-5-8(12)11-7(10(14)15)4-9(13)16-3/h6-7H,4-5H2,1-3H3,(H,11,12)(H,14,15)/t7-/m0/s1. The van der Waals surface area contributed by atoms with E-state index in [0.717, 1.165) is 7.11 Å². The molecule has 0 saturated carbocycles. The van der Waals surface area contributed by atoms with E-state index in [2.05, 4.69) is 10.1 Å². The van der Waals surface area contributed by atoms with Crippen molar-refractivity contribution in [1.29, 1.82) is 0 Å². The summed E-state index contributed by atoms with van der Waals surface area (Å²) in [5.41, 5.74) is 0. The number of hydrogen-bond donors (Lipinski definition) is 2. The molecule has 1 atom stereocenters. The zero-order valence-corrected chi connectivity index (χ0v) is 10.1. The van der Waals surface area contributed by atoms with E-state index >= 15 is 0 Å². The molecule has 2 N–H and O–H groups in total. The molecule has 0 aliphatic heterocycles. The molecule has 0 saturated heterocycles. The van der Waals surface area contributed by atoms with E-state index in [-0.39, 0.29) is 12.7 Å². The van der Waals surface area contributed by atoms with Crippen molar-refractivity contribution in [3.63, 3.8) is 0 Å². The molecular formula is C10H17NO6. The van der Waals surface area contributed by atoms with Gasteiger partial charge in [-0.05, 0) is 13.8 Å². The fourth-order valence-corrected chi connectivity index (χ4v) is 0.928. The van der Waals surface area contributed by atoms with Crippen molar-refractivity contribution < 1.29 is 29.0 Å². The second-order valence-electron chi connectivity index (χ2n) is 3.60. The number of hydrogen-bond acceptors (Lipinski definition) is 5. The van der Waals surface area contributed by atoms with Gasteiger partial charge in [0.15, 0.2) is 0 Å². The number of aliphatic carboxylic acids is 1. The first-order chi connectivity index (χ1) is 7.86. The van der Waals surface area contributed by atoms with Crippen LogP contribution in [-0.4, -0.2) is 48.8 Å². The van der Waals surface area contributed by atoms with Gasteiger partial charge in [0, 0.05) is 0 Å². The maximum Gasteiger partial charge on any atom is 0.326 e. The second-order valence-corrected chi connectivity index (χ2v) is 3.60. The molecule has 0 bridgehead atoms. The Hall–Kier alpha value is -1.63. The number of rotatable bonds is 7. The van der Waals surface area contributed by atoms with Crippen LogP contribution in [0.3, 0.4) is 0 Å². The van der Waals surface area contributed by atoms with Crippen LogP contribution in [-0.2, 0) is 23.9 Å². The summed E-state index contributed by atoms with van der Waals surface area (Å²) >= 11 is 0. The summed E-state index contributed by atoms with van der Waals surface area (Å²) in [6.07, 6.45) is -0.552. The third kappa shape index (κ3) is 7.29. The molecule has 0 unspecified atom stereocenters. The number of carboxylic acid groups (broad SMARTS) is 1. The Bertz CT molecular complexity index is 289. The number of carbonyl (C=O) groups is 3. The van der Waals surface area contributed by atoms with E-state index in [0.29, 0.717) is 0 Å². The van der Waals surface area contributed by atoms with Crippen molar-refractivity contribution in [2.75, 3.05) is 13.7 Å². The van der Waals surface area contributed by atoms with Crippen LogP contribution in [0.25, 0.3) is 0 Å². The molecule has 7 heteroatoms. The molecule has 0 aliphatic rings. The third-order valence-electron chi connectivity index (χ3n) is 1.78. The van der Waals surface area contributed by atoms with E-state index in [1.807, 2.05) is 0 Å². The van der Waals surface area contributed by atoms with Crippen LogP contribution in [0.5, 0.6) is 0 Å². The number of amides is 1. The van der Waals surface area contributed by atoms with E-state index in [1.54, 1.807) is 13.8 Å². The van der Waals surface area contributed by atoms with Crippen LogP contribution in [0.15, 0.2) is 0 Å². The molecule has 98 valence electrons. The molecule has 1 amide bonds. The lowest BCUT2D eigenvalue weighted by Crippen LogP contribution is -2.44. The Kier molecular flexibility index (Phi) is 6.88. The van der Waals surface area contributed by atoms with E-state index < -0.39 is 30.3 Å². The highest BCUT2D eigenvalue weighted by molar-refractivity contribution is 5.87. The van der Waals surface area contributed by atoms with Gasteiger partial charge in [-0.25, -0.2) is 4.79 Å². The first kappa shape index (κ1) is 15.4. The van der Waals surface area contributed by atoms with E-state index in [9.17, 15) is 14.4 Å². The summed E-state index contributed by atoms with van der Waals surface area (Å²) in [4.78, 5) is 32.9. The lowest BCUT2D eigenvalue weighted by atomic mass is 10.2. The number of methoxy groups -OCH3 is 1. The van der Waals surface area contributed by atoms with Gasteiger partial charge in [-0.1, -0.05) is 0 Å². The first-order valence-corrected chi connectivity index (χ1v) is 5.07.